The lowest BCUT2D eigenvalue weighted by molar-refractivity contribution is 0.0697. The maximum atomic E-state index is 13.4. The quantitative estimate of drug-likeness (QED) is 0.893. The monoisotopic (exact) mass is 269 g/mol. The molecule has 2 aromatic rings. The van der Waals surface area contributed by atoms with Gasteiger partial charge in [-0.3, -0.25) is 0 Å². The summed E-state index contributed by atoms with van der Waals surface area (Å²) in [5.74, 6) is -1.11. The normalized spacial score (nSPS) is 10.3. The van der Waals surface area contributed by atoms with Crippen molar-refractivity contribution in [2.24, 2.45) is 0 Å². The molecule has 0 radical (unpaired) electrons. The number of hydrogen-bond acceptors (Lipinski definition) is 3. The highest BCUT2D eigenvalue weighted by Gasteiger charge is 2.08. The van der Waals surface area contributed by atoms with Gasteiger partial charge < -0.3 is 14.8 Å². The minimum Gasteiger partial charge on any atom is -0.478 e. The number of halogens is 2. The van der Waals surface area contributed by atoms with Crippen LogP contribution in [0.15, 0.2) is 34.7 Å². The Morgan fingerprint density at radius 2 is 2.17 bits per heavy atom. The Hall–Kier alpha value is -2.01. The van der Waals surface area contributed by atoms with Crippen molar-refractivity contribution < 1.29 is 18.7 Å². The predicted molar refractivity (Wildman–Crippen MR) is 64.4 cm³/mol. The number of anilines is 1. The molecule has 0 aliphatic carbocycles. The van der Waals surface area contributed by atoms with Gasteiger partial charge in [0.05, 0.1) is 17.8 Å². The lowest BCUT2D eigenvalue weighted by Crippen LogP contribution is -2.03. The van der Waals surface area contributed by atoms with Crippen LogP contribution in [-0.2, 0) is 6.54 Å². The van der Waals surface area contributed by atoms with Crippen LogP contribution in [0.2, 0.25) is 5.22 Å². The van der Waals surface area contributed by atoms with E-state index in [1.54, 1.807) is 12.1 Å². The molecule has 1 heterocycles. The first-order chi connectivity index (χ1) is 8.56. The van der Waals surface area contributed by atoms with Gasteiger partial charge in [-0.15, -0.1) is 0 Å². The summed E-state index contributed by atoms with van der Waals surface area (Å²) in [7, 11) is 0. The number of aromatic carboxylic acids is 1. The van der Waals surface area contributed by atoms with Crippen molar-refractivity contribution in [3.8, 4) is 0 Å². The van der Waals surface area contributed by atoms with E-state index in [0.717, 1.165) is 6.07 Å². The van der Waals surface area contributed by atoms with E-state index in [1.807, 2.05) is 0 Å². The Bertz CT molecular complexity index is 582. The molecule has 4 nitrogen and oxygen atoms in total. The summed E-state index contributed by atoms with van der Waals surface area (Å²) in [6.07, 6.45) is 0. The lowest BCUT2D eigenvalue weighted by atomic mass is 10.2. The molecular weight excluding hydrogens is 261 g/mol. The third-order valence-corrected chi connectivity index (χ3v) is 2.50. The van der Waals surface area contributed by atoms with Crippen molar-refractivity contribution >= 4 is 23.3 Å². The number of rotatable bonds is 4. The largest absolute Gasteiger partial charge is 0.478 e. The Kier molecular flexibility index (Phi) is 3.53. The molecule has 18 heavy (non-hydrogen) atoms. The maximum Gasteiger partial charge on any atom is 0.335 e. The first kappa shape index (κ1) is 12.4. The Balaban J connectivity index is 2.13. The molecule has 0 atom stereocenters. The van der Waals surface area contributed by atoms with Gasteiger partial charge in [-0.2, -0.15) is 0 Å². The molecule has 1 aromatic carbocycles. The number of nitrogens with one attached hydrogen (secondary N) is 1. The van der Waals surface area contributed by atoms with E-state index >= 15 is 0 Å². The number of carbonyl (C=O) groups is 1. The van der Waals surface area contributed by atoms with Gasteiger partial charge in [0, 0.05) is 0 Å². The molecule has 0 spiro atoms. The van der Waals surface area contributed by atoms with Crippen LogP contribution in [0, 0.1) is 5.82 Å². The number of carboxylic acid groups (broad SMARTS) is 1. The van der Waals surface area contributed by atoms with Crippen LogP contribution in [0.1, 0.15) is 16.1 Å². The second-order valence-corrected chi connectivity index (χ2v) is 3.93. The van der Waals surface area contributed by atoms with E-state index in [-0.39, 0.29) is 23.0 Å². The summed E-state index contributed by atoms with van der Waals surface area (Å²) in [6, 6.07) is 6.74. The highest BCUT2D eigenvalue weighted by molar-refractivity contribution is 6.28. The van der Waals surface area contributed by atoms with Gasteiger partial charge in [0.1, 0.15) is 11.6 Å². The summed E-state index contributed by atoms with van der Waals surface area (Å²) in [5.41, 5.74) is 0.110. The maximum absolute atomic E-state index is 13.4. The van der Waals surface area contributed by atoms with Crippen molar-refractivity contribution in [2.75, 3.05) is 5.32 Å². The minimum atomic E-state index is -1.11. The third kappa shape index (κ3) is 2.81. The second kappa shape index (κ2) is 5.10. The lowest BCUT2D eigenvalue weighted by Gasteiger charge is -2.06. The Morgan fingerprint density at radius 1 is 1.39 bits per heavy atom. The van der Waals surface area contributed by atoms with E-state index in [4.69, 9.17) is 21.1 Å². The van der Waals surface area contributed by atoms with Crippen molar-refractivity contribution in [3.63, 3.8) is 0 Å². The zero-order valence-corrected chi connectivity index (χ0v) is 9.87. The van der Waals surface area contributed by atoms with E-state index in [9.17, 15) is 9.18 Å². The molecule has 0 saturated carbocycles. The molecule has 1 aromatic heterocycles. The molecule has 0 aliphatic heterocycles. The fraction of sp³-hybridized carbons (Fsp3) is 0.0833. The highest BCUT2D eigenvalue weighted by Crippen LogP contribution is 2.19. The fourth-order valence-corrected chi connectivity index (χ4v) is 1.58. The van der Waals surface area contributed by atoms with Crippen LogP contribution in [-0.4, -0.2) is 11.1 Å². The summed E-state index contributed by atoms with van der Waals surface area (Å²) in [5, 5.41) is 11.8. The van der Waals surface area contributed by atoms with Crippen LogP contribution in [0.25, 0.3) is 0 Å². The summed E-state index contributed by atoms with van der Waals surface area (Å²) in [4.78, 5) is 10.8. The van der Waals surface area contributed by atoms with Gasteiger partial charge in [0.15, 0.2) is 5.22 Å². The standard InChI is InChI=1S/C12H9ClFNO3/c13-11-4-2-8(18-11)6-15-10-5-7(12(16)17)1-3-9(10)14/h1-5,15H,6H2,(H,16,17). The fourth-order valence-electron chi connectivity index (χ4n) is 1.42. The van der Waals surface area contributed by atoms with Gasteiger partial charge in [-0.05, 0) is 41.9 Å². The topological polar surface area (TPSA) is 62.5 Å². The van der Waals surface area contributed by atoms with Crippen LogP contribution in [0.3, 0.4) is 0 Å². The Labute approximate surface area is 107 Å². The van der Waals surface area contributed by atoms with Crippen molar-refractivity contribution in [1.29, 1.82) is 0 Å². The van der Waals surface area contributed by atoms with Crippen molar-refractivity contribution in [1.82, 2.24) is 0 Å². The SMILES string of the molecule is O=C(O)c1ccc(F)c(NCc2ccc(Cl)o2)c1. The van der Waals surface area contributed by atoms with Gasteiger partial charge >= 0.3 is 5.97 Å². The molecule has 94 valence electrons. The molecule has 6 heteroatoms. The number of hydrogen-bond donors (Lipinski definition) is 2. The zero-order valence-electron chi connectivity index (χ0n) is 9.11. The van der Waals surface area contributed by atoms with E-state index in [1.165, 1.54) is 12.1 Å². The van der Waals surface area contributed by atoms with E-state index in [2.05, 4.69) is 5.32 Å². The first-order valence-corrected chi connectivity index (χ1v) is 5.45. The molecule has 0 unspecified atom stereocenters. The van der Waals surface area contributed by atoms with Gasteiger partial charge in [-0.1, -0.05) is 0 Å². The average Bonchev–Trinajstić information content (AvgIpc) is 2.74. The number of benzene rings is 1. The number of furan rings is 1. The summed E-state index contributed by atoms with van der Waals surface area (Å²) in [6.45, 7) is 0.215. The molecule has 0 saturated heterocycles. The van der Waals surface area contributed by atoms with Crippen LogP contribution >= 0.6 is 11.6 Å². The first-order valence-electron chi connectivity index (χ1n) is 5.07. The minimum absolute atomic E-state index is 0.0105. The molecule has 0 amide bonds. The molecule has 0 aliphatic rings. The third-order valence-electron chi connectivity index (χ3n) is 2.30. The van der Waals surface area contributed by atoms with Crippen LogP contribution < -0.4 is 5.32 Å². The molecule has 0 fully saturated rings. The zero-order chi connectivity index (χ0) is 13.1. The molecule has 2 N–H and O–H groups in total. The molecule has 2 rings (SSSR count). The van der Waals surface area contributed by atoms with Crippen LogP contribution in [0.4, 0.5) is 10.1 Å². The van der Waals surface area contributed by atoms with Crippen molar-refractivity contribution in [2.45, 2.75) is 6.54 Å². The van der Waals surface area contributed by atoms with E-state index in [0.29, 0.717) is 5.76 Å². The molecule has 0 bridgehead atoms. The predicted octanol–water partition coefficient (Wildman–Crippen LogP) is 3.38. The highest BCUT2D eigenvalue weighted by atomic mass is 35.5. The smallest absolute Gasteiger partial charge is 0.335 e. The van der Waals surface area contributed by atoms with Gasteiger partial charge in [0.25, 0.3) is 0 Å². The second-order valence-electron chi connectivity index (χ2n) is 3.56. The number of carboxylic acids is 1. The van der Waals surface area contributed by atoms with Gasteiger partial charge in [0.2, 0.25) is 0 Å². The Morgan fingerprint density at radius 3 is 2.78 bits per heavy atom. The average molecular weight is 270 g/mol. The van der Waals surface area contributed by atoms with Gasteiger partial charge in [-0.25, -0.2) is 9.18 Å². The van der Waals surface area contributed by atoms with Crippen molar-refractivity contribution in [3.05, 3.63) is 52.7 Å². The van der Waals surface area contributed by atoms with E-state index < -0.39 is 11.8 Å². The summed E-state index contributed by atoms with van der Waals surface area (Å²) < 4.78 is 18.5. The summed E-state index contributed by atoms with van der Waals surface area (Å²) >= 11 is 5.59. The molecular formula is C12H9ClFNO3. The van der Waals surface area contributed by atoms with Crippen LogP contribution in [0.5, 0.6) is 0 Å².